The number of hydrogen-bond donors (Lipinski definition) is 2. The van der Waals surface area contributed by atoms with Crippen LogP contribution in [0.5, 0.6) is 0 Å². The number of sulfone groups is 1. The van der Waals surface area contributed by atoms with Crippen LogP contribution in [0.3, 0.4) is 0 Å². The fourth-order valence-corrected chi connectivity index (χ4v) is 3.85. The lowest BCUT2D eigenvalue weighted by Gasteiger charge is -2.20. The van der Waals surface area contributed by atoms with Crippen molar-refractivity contribution in [3.05, 3.63) is 28.8 Å². The lowest BCUT2D eigenvalue weighted by Crippen LogP contribution is -2.24. The quantitative estimate of drug-likeness (QED) is 0.576. The van der Waals surface area contributed by atoms with Gasteiger partial charge in [0, 0.05) is 11.8 Å². The fourth-order valence-electron chi connectivity index (χ4n) is 2.87. The number of carbonyl (C=O) groups is 1. The number of aliphatic imine (C=N–C) groups is 1. The zero-order valence-corrected chi connectivity index (χ0v) is 15.6. The molecule has 0 atom stereocenters. The Kier molecular flexibility index (Phi) is 6.95. The summed E-state index contributed by atoms with van der Waals surface area (Å²) in [6.07, 6.45) is 4.28. The highest BCUT2D eigenvalue weighted by Gasteiger charge is 2.23. The highest BCUT2D eigenvalue weighted by molar-refractivity contribution is 7.90. The fraction of sp³-hybridized carbons (Fsp3) is 0.529. The van der Waals surface area contributed by atoms with Crippen LogP contribution in [0.1, 0.15) is 67.4 Å². The maximum Gasteiger partial charge on any atom is 0.280 e. The second-order valence-corrected chi connectivity index (χ2v) is 7.91. The molecule has 0 aliphatic rings. The molecule has 4 N–H and O–H groups in total. The molecule has 0 radical (unpaired) electrons. The molecule has 0 spiro atoms. The van der Waals surface area contributed by atoms with Crippen molar-refractivity contribution in [2.24, 2.45) is 16.5 Å². The number of rotatable bonds is 7. The Morgan fingerprint density at radius 1 is 1.17 bits per heavy atom. The standard InChI is InChI=1S/C17H27N3O3S/c1-5-8-12-9-13(11(6-2)7-3)15(24(4,22)23)10-14(12)16(21)20-17(18)19/h9-11H,5-8H2,1-4H3,(H4,18,19,20,21). The summed E-state index contributed by atoms with van der Waals surface area (Å²) in [5.74, 6) is -0.829. The molecule has 1 amide bonds. The van der Waals surface area contributed by atoms with Gasteiger partial charge in [0.25, 0.3) is 5.91 Å². The smallest absolute Gasteiger partial charge is 0.280 e. The van der Waals surface area contributed by atoms with E-state index >= 15 is 0 Å². The Bertz CT molecular complexity index is 732. The number of aryl methyl sites for hydroxylation is 1. The van der Waals surface area contributed by atoms with E-state index in [-0.39, 0.29) is 22.3 Å². The summed E-state index contributed by atoms with van der Waals surface area (Å²) in [5, 5.41) is 0. The molecule has 1 aromatic rings. The Labute approximate surface area is 144 Å². The van der Waals surface area contributed by atoms with Gasteiger partial charge in [0.05, 0.1) is 4.90 Å². The normalized spacial score (nSPS) is 11.5. The average molecular weight is 353 g/mol. The van der Waals surface area contributed by atoms with E-state index in [1.54, 1.807) is 0 Å². The van der Waals surface area contributed by atoms with Gasteiger partial charge in [-0.25, -0.2) is 8.42 Å². The second-order valence-electron chi connectivity index (χ2n) is 5.92. The Hall–Kier alpha value is -1.89. The van der Waals surface area contributed by atoms with Crippen LogP contribution in [-0.2, 0) is 16.3 Å². The minimum atomic E-state index is -3.48. The molecule has 7 heteroatoms. The second kappa shape index (κ2) is 8.28. The van der Waals surface area contributed by atoms with Crippen LogP contribution < -0.4 is 11.5 Å². The number of carbonyl (C=O) groups excluding carboxylic acids is 1. The molecule has 0 fully saturated rings. The summed E-state index contributed by atoms with van der Waals surface area (Å²) in [5.41, 5.74) is 12.4. The van der Waals surface area contributed by atoms with Crippen molar-refractivity contribution < 1.29 is 13.2 Å². The van der Waals surface area contributed by atoms with E-state index in [1.807, 2.05) is 26.8 Å². The van der Waals surface area contributed by atoms with Gasteiger partial charge in [0.15, 0.2) is 15.8 Å². The summed E-state index contributed by atoms with van der Waals surface area (Å²) in [7, 11) is -3.48. The van der Waals surface area contributed by atoms with Gasteiger partial charge < -0.3 is 11.5 Å². The topological polar surface area (TPSA) is 116 Å². The van der Waals surface area contributed by atoms with Crippen LogP contribution in [0, 0.1) is 0 Å². The van der Waals surface area contributed by atoms with Crippen LogP contribution in [0.15, 0.2) is 22.0 Å². The zero-order valence-electron chi connectivity index (χ0n) is 14.8. The number of guanidine groups is 1. The summed E-state index contributed by atoms with van der Waals surface area (Å²) < 4.78 is 24.5. The van der Waals surface area contributed by atoms with Crippen LogP contribution in [0.25, 0.3) is 0 Å². The lowest BCUT2D eigenvalue weighted by molar-refractivity contribution is 0.100. The third-order valence-electron chi connectivity index (χ3n) is 4.04. The molecule has 0 saturated carbocycles. The van der Waals surface area contributed by atoms with Gasteiger partial charge in [0.2, 0.25) is 0 Å². The van der Waals surface area contributed by atoms with Crippen LogP contribution >= 0.6 is 0 Å². The Morgan fingerprint density at radius 3 is 2.17 bits per heavy atom. The molecule has 0 aliphatic carbocycles. The van der Waals surface area contributed by atoms with E-state index in [0.717, 1.165) is 36.6 Å². The van der Waals surface area contributed by atoms with Crippen molar-refractivity contribution in [3.63, 3.8) is 0 Å². The summed E-state index contributed by atoms with van der Waals surface area (Å²) in [4.78, 5) is 16.1. The first-order chi connectivity index (χ1) is 11.1. The third-order valence-corrected chi connectivity index (χ3v) is 5.19. The largest absolute Gasteiger partial charge is 0.370 e. The molecule has 0 aliphatic heterocycles. The van der Waals surface area contributed by atoms with Gasteiger partial charge in [-0.15, -0.1) is 0 Å². The van der Waals surface area contributed by atoms with E-state index in [0.29, 0.717) is 6.42 Å². The number of hydrogen-bond acceptors (Lipinski definition) is 3. The maximum absolute atomic E-state index is 12.3. The monoisotopic (exact) mass is 353 g/mol. The van der Waals surface area contributed by atoms with E-state index in [2.05, 4.69) is 4.99 Å². The summed E-state index contributed by atoms with van der Waals surface area (Å²) in [6.45, 7) is 6.05. The van der Waals surface area contributed by atoms with Gasteiger partial charge in [-0.1, -0.05) is 33.3 Å². The minimum absolute atomic E-state index is 0.123. The van der Waals surface area contributed by atoms with Crippen LogP contribution in [0.2, 0.25) is 0 Å². The van der Waals surface area contributed by atoms with E-state index < -0.39 is 15.7 Å². The molecule has 0 bridgehead atoms. The molecule has 0 aromatic heterocycles. The molecular formula is C17H27N3O3S. The molecule has 0 unspecified atom stereocenters. The molecule has 0 saturated heterocycles. The van der Waals surface area contributed by atoms with Crippen LogP contribution in [-0.4, -0.2) is 26.5 Å². The number of nitrogens with two attached hydrogens (primary N) is 2. The number of nitrogens with zero attached hydrogens (tertiary/aromatic N) is 1. The number of amides is 1. The molecule has 0 heterocycles. The van der Waals surface area contributed by atoms with E-state index in [1.165, 1.54) is 6.07 Å². The predicted molar refractivity (Wildman–Crippen MR) is 97.0 cm³/mol. The first-order valence-electron chi connectivity index (χ1n) is 8.16. The molecule has 24 heavy (non-hydrogen) atoms. The van der Waals surface area contributed by atoms with Gasteiger partial charge in [0.1, 0.15) is 0 Å². The highest BCUT2D eigenvalue weighted by atomic mass is 32.2. The molecule has 6 nitrogen and oxygen atoms in total. The summed E-state index contributed by atoms with van der Waals surface area (Å²) >= 11 is 0. The number of benzene rings is 1. The van der Waals surface area contributed by atoms with Gasteiger partial charge >= 0.3 is 0 Å². The molecule has 1 rings (SSSR count). The van der Waals surface area contributed by atoms with Crippen molar-refractivity contribution in [2.45, 2.75) is 57.3 Å². The van der Waals surface area contributed by atoms with E-state index in [4.69, 9.17) is 11.5 Å². The predicted octanol–water partition coefficient (Wildman–Crippen LogP) is 2.36. The zero-order chi connectivity index (χ0) is 18.5. The van der Waals surface area contributed by atoms with Gasteiger partial charge in [-0.2, -0.15) is 4.99 Å². The average Bonchev–Trinajstić information content (AvgIpc) is 2.47. The van der Waals surface area contributed by atoms with Crippen molar-refractivity contribution in [1.29, 1.82) is 0 Å². The summed E-state index contributed by atoms with van der Waals surface area (Å²) in [6, 6.07) is 3.27. The van der Waals surface area contributed by atoms with Crippen LogP contribution in [0.4, 0.5) is 0 Å². The van der Waals surface area contributed by atoms with Crippen molar-refractivity contribution in [2.75, 3.05) is 6.26 Å². The highest BCUT2D eigenvalue weighted by Crippen LogP contribution is 2.32. The first kappa shape index (κ1) is 20.2. The van der Waals surface area contributed by atoms with Crippen molar-refractivity contribution in [1.82, 2.24) is 0 Å². The SMILES string of the molecule is CCCc1cc(C(CC)CC)c(S(C)(=O)=O)cc1C(=O)N=C(N)N. The van der Waals surface area contributed by atoms with Gasteiger partial charge in [-0.3, -0.25) is 4.79 Å². The van der Waals surface area contributed by atoms with Gasteiger partial charge in [-0.05, 0) is 42.4 Å². The molecule has 134 valence electrons. The third kappa shape index (κ3) is 4.80. The van der Waals surface area contributed by atoms with Crippen molar-refractivity contribution in [3.8, 4) is 0 Å². The Balaban J connectivity index is 3.73. The molecular weight excluding hydrogens is 326 g/mol. The Morgan fingerprint density at radius 2 is 1.75 bits per heavy atom. The van der Waals surface area contributed by atoms with E-state index in [9.17, 15) is 13.2 Å². The minimum Gasteiger partial charge on any atom is -0.370 e. The maximum atomic E-state index is 12.3. The first-order valence-corrected chi connectivity index (χ1v) is 10.1. The molecule has 1 aromatic carbocycles. The lowest BCUT2D eigenvalue weighted by atomic mass is 9.89. The van der Waals surface area contributed by atoms with Crippen molar-refractivity contribution >= 4 is 21.7 Å².